The van der Waals surface area contributed by atoms with Gasteiger partial charge in [-0.25, -0.2) is 9.48 Å². The molecule has 0 aliphatic rings. The average Bonchev–Trinajstić information content (AvgIpc) is 2.40. The number of aromatic nitrogens is 2. The van der Waals surface area contributed by atoms with E-state index in [0.717, 1.165) is 15.7 Å². The van der Waals surface area contributed by atoms with Crippen molar-refractivity contribution in [3.05, 3.63) is 56.4 Å². The fraction of sp³-hybridized carbons (Fsp3) is 0.214. The Balaban J connectivity index is 2.51. The van der Waals surface area contributed by atoms with Gasteiger partial charge >= 0.3 is 5.97 Å². The first-order chi connectivity index (χ1) is 9.52. The maximum atomic E-state index is 11.7. The zero-order chi connectivity index (χ0) is 14.7. The molecule has 6 heteroatoms. The van der Waals surface area contributed by atoms with E-state index in [-0.39, 0.29) is 12.3 Å². The van der Waals surface area contributed by atoms with Gasteiger partial charge in [0.15, 0.2) is 0 Å². The van der Waals surface area contributed by atoms with Crippen LogP contribution in [0.4, 0.5) is 0 Å². The third-order valence-corrected chi connectivity index (χ3v) is 3.18. The summed E-state index contributed by atoms with van der Waals surface area (Å²) < 4.78 is 7.27. The number of ether oxygens (including phenoxy) is 1. The molecule has 5 nitrogen and oxygen atoms in total. The number of hydrogen-bond acceptors (Lipinski definition) is 4. The van der Waals surface area contributed by atoms with Crippen LogP contribution < -0.4 is 5.43 Å². The molecule has 2 aromatic rings. The van der Waals surface area contributed by atoms with Gasteiger partial charge in [0.25, 0.3) is 0 Å². The van der Waals surface area contributed by atoms with Gasteiger partial charge in [-0.15, -0.1) is 0 Å². The maximum Gasteiger partial charge on any atom is 0.362 e. The van der Waals surface area contributed by atoms with Gasteiger partial charge < -0.3 is 4.74 Å². The summed E-state index contributed by atoms with van der Waals surface area (Å²) in [5, 5.41) is 4.07. The van der Waals surface area contributed by atoms with Gasteiger partial charge in [-0.2, -0.15) is 5.10 Å². The number of rotatable bonds is 3. The predicted molar refractivity (Wildman–Crippen MR) is 78.2 cm³/mol. The molecule has 0 bridgehead atoms. The minimum absolute atomic E-state index is 0.201. The molecule has 0 amide bonds. The molecular formula is C14H13BrN2O3. The van der Waals surface area contributed by atoms with Crippen LogP contribution in [0.2, 0.25) is 0 Å². The monoisotopic (exact) mass is 336 g/mol. The Bertz CT molecular complexity index is 710. The summed E-state index contributed by atoms with van der Waals surface area (Å²) >= 11 is 3.38. The molecule has 0 atom stereocenters. The molecule has 0 aliphatic carbocycles. The smallest absolute Gasteiger partial charge is 0.362 e. The zero-order valence-corrected chi connectivity index (χ0v) is 12.7. The second-order valence-corrected chi connectivity index (χ2v) is 5.04. The first-order valence-electron chi connectivity index (χ1n) is 6.06. The van der Waals surface area contributed by atoms with Gasteiger partial charge in [0.1, 0.15) is 0 Å². The summed E-state index contributed by atoms with van der Waals surface area (Å²) in [6.07, 6.45) is 1.53. The largest absolute Gasteiger partial charge is 0.461 e. The van der Waals surface area contributed by atoms with Crippen molar-refractivity contribution in [3.8, 4) is 5.69 Å². The summed E-state index contributed by atoms with van der Waals surface area (Å²) in [5.74, 6) is -0.707. The zero-order valence-electron chi connectivity index (χ0n) is 11.1. The third kappa shape index (κ3) is 2.96. The molecule has 1 aromatic heterocycles. The molecule has 104 valence electrons. The molecule has 1 aromatic carbocycles. The van der Waals surface area contributed by atoms with Crippen molar-refractivity contribution in [1.29, 1.82) is 0 Å². The van der Waals surface area contributed by atoms with Gasteiger partial charge in [0, 0.05) is 16.7 Å². The summed E-state index contributed by atoms with van der Waals surface area (Å²) in [5.41, 5.74) is 1.09. The Morgan fingerprint density at radius 1 is 1.40 bits per heavy atom. The molecule has 0 saturated heterocycles. The normalized spacial score (nSPS) is 10.3. The summed E-state index contributed by atoms with van der Waals surface area (Å²) in [6.45, 7) is 3.80. The number of aryl methyl sites for hydroxylation is 1. The highest BCUT2D eigenvalue weighted by molar-refractivity contribution is 9.10. The van der Waals surface area contributed by atoms with Crippen LogP contribution in [0.15, 0.2) is 39.7 Å². The van der Waals surface area contributed by atoms with E-state index in [0.29, 0.717) is 0 Å². The lowest BCUT2D eigenvalue weighted by atomic mass is 10.2. The van der Waals surface area contributed by atoms with Crippen molar-refractivity contribution in [1.82, 2.24) is 9.78 Å². The van der Waals surface area contributed by atoms with E-state index < -0.39 is 11.4 Å². The van der Waals surface area contributed by atoms with Gasteiger partial charge in [-0.3, -0.25) is 4.79 Å². The molecule has 0 spiro atoms. The fourth-order valence-electron chi connectivity index (χ4n) is 1.76. The third-order valence-electron chi connectivity index (χ3n) is 2.68. The van der Waals surface area contributed by atoms with E-state index in [2.05, 4.69) is 21.0 Å². The number of carbonyl (C=O) groups is 1. The van der Waals surface area contributed by atoms with Gasteiger partial charge in [0.05, 0.1) is 12.3 Å². The van der Waals surface area contributed by atoms with E-state index in [1.165, 1.54) is 16.9 Å². The van der Waals surface area contributed by atoms with Crippen molar-refractivity contribution in [3.63, 3.8) is 0 Å². The Morgan fingerprint density at radius 2 is 2.15 bits per heavy atom. The molecule has 1 heterocycles. The van der Waals surface area contributed by atoms with Crippen LogP contribution in [0.5, 0.6) is 0 Å². The second kappa shape index (κ2) is 6.00. The second-order valence-electron chi connectivity index (χ2n) is 4.12. The first-order valence-corrected chi connectivity index (χ1v) is 6.86. The Labute approximate surface area is 124 Å². The summed E-state index contributed by atoms with van der Waals surface area (Å²) in [7, 11) is 0. The van der Waals surface area contributed by atoms with Crippen molar-refractivity contribution in [2.24, 2.45) is 0 Å². The minimum atomic E-state index is -0.707. The molecule has 2 rings (SSSR count). The maximum absolute atomic E-state index is 11.7. The predicted octanol–water partition coefficient (Wildman–Crippen LogP) is 2.48. The lowest BCUT2D eigenvalue weighted by Gasteiger charge is -2.10. The first kappa shape index (κ1) is 14.5. The fourth-order valence-corrected chi connectivity index (χ4v) is 2.23. The number of benzene rings is 1. The van der Waals surface area contributed by atoms with Crippen LogP contribution in [0.1, 0.15) is 23.0 Å². The molecule has 0 aliphatic heterocycles. The standard InChI is InChI=1S/C14H13BrN2O3/c1-3-20-14(19)13-12(18)6-7-17(16-13)11-5-4-10(15)8-9(11)2/h4-8H,3H2,1-2H3. The number of hydrogen-bond donors (Lipinski definition) is 0. The van der Waals surface area contributed by atoms with Crippen LogP contribution in [0.3, 0.4) is 0 Å². The summed E-state index contributed by atoms with van der Waals surface area (Å²) in [6, 6.07) is 6.96. The molecule has 0 N–H and O–H groups in total. The van der Waals surface area contributed by atoms with Gasteiger partial charge in [-0.05, 0) is 37.6 Å². The van der Waals surface area contributed by atoms with Gasteiger partial charge in [0.2, 0.25) is 11.1 Å². The lowest BCUT2D eigenvalue weighted by molar-refractivity contribution is 0.0515. The van der Waals surface area contributed by atoms with E-state index in [4.69, 9.17) is 4.74 Å². The SMILES string of the molecule is CCOC(=O)c1nn(-c2ccc(Br)cc2C)ccc1=O. The number of halogens is 1. The molecule has 0 radical (unpaired) electrons. The minimum Gasteiger partial charge on any atom is -0.461 e. The number of carbonyl (C=O) groups excluding carboxylic acids is 1. The average molecular weight is 337 g/mol. The quantitative estimate of drug-likeness (QED) is 0.808. The van der Waals surface area contributed by atoms with E-state index >= 15 is 0 Å². The highest BCUT2D eigenvalue weighted by Gasteiger charge is 2.14. The Kier molecular flexibility index (Phi) is 4.34. The Morgan fingerprint density at radius 3 is 2.80 bits per heavy atom. The van der Waals surface area contributed by atoms with E-state index in [9.17, 15) is 9.59 Å². The highest BCUT2D eigenvalue weighted by atomic mass is 79.9. The number of nitrogens with zero attached hydrogens (tertiary/aromatic N) is 2. The summed E-state index contributed by atoms with van der Waals surface area (Å²) in [4.78, 5) is 23.4. The van der Waals surface area contributed by atoms with Crippen LogP contribution in [-0.4, -0.2) is 22.4 Å². The molecule has 0 fully saturated rings. The molecular weight excluding hydrogens is 324 g/mol. The van der Waals surface area contributed by atoms with Crippen LogP contribution in [0.25, 0.3) is 5.69 Å². The molecule has 0 unspecified atom stereocenters. The molecule has 20 heavy (non-hydrogen) atoms. The van der Waals surface area contributed by atoms with Crippen molar-refractivity contribution in [2.45, 2.75) is 13.8 Å². The van der Waals surface area contributed by atoms with Crippen LogP contribution in [-0.2, 0) is 4.74 Å². The Hall–Kier alpha value is -1.95. The van der Waals surface area contributed by atoms with Crippen molar-refractivity contribution < 1.29 is 9.53 Å². The van der Waals surface area contributed by atoms with E-state index in [1.807, 2.05) is 25.1 Å². The van der Waals surface area contributed by atoms with E-state index in [1.54, 1.807) is 6.92 Å². The highest BCUT2D eigenvalue weighted by Crippen LogP contribution is 2.18. The topological polar surface area (TPSA) is 61.2 Å². The van der Waals surface area contributed by atoms with Crippen LogP contribution in [0, 0.1) is 6.92 Å². The lowest BCUT2D eigenvalue weighted by Crippen LogP contribution is -2.22. The number of esters is 1. The van der Waals surface area contributed by atoms with Crippen molar-refractivity contribution >= 4 is 21.9 Å². The van der Waals surface area contributed by atoms with Crippen molar-refractivity contribution in [2.75, 3.05) is 6.61 Å². The molecule has 0 saturated carbocycles. The van der Waals surface area contributed by atoms with Gasteiger partial charge in [-0.1, -0.05) is 15.9 Å². The van der Waals surface area contributed by atoms with Crippen LogP contribution >= 0.6 is 15.9 Å².